The van der Waals surface area contributed by atoms with Crippen LogP contribution in [0.4, 0.5) is 0 Å². The fourth-order valence-corrected chi connectivity index (χ4v) is 5.21. The topological polar surface area (TPSA) is 106 Å². The molecule has 0 unspecified atom stereocenters. The molecule has 4 rings (SSSR count). The molecular weight excluding hydrogens is 410 g/mol. The Morgan fingerprint density at radius 1 is 1.16 bits per heavy atom. The number of thiophene rings is 1. The normalized spacial score (nSPS) is 15.2. The maximum Gasteiger partial charge on any atom is 0.306 e. The summed E-state index contributed by atoms with van der Waals surface area (Å²) >= 11 is 1.67. The minimum atomic E-state index is -0.909. The van der Waals surface area contributed by atoms with Crippen molar-refractivity contribution in [1.82, 2.24) is 14.8 Å². The molecule has 3 aromatic rings. The van der Waals surface area contributed by atoms with Crippen molar-refractivity contribution in [2.75, 3.05) is 6.54 Å². The number of aryl methyl sites for hydroxylation is 3. The third-order valence-corrected chi connectivity index (χ3v) is 6.95. The van der Waals surface area contributed by atoms with E-state index in [1.807, 2.05) is 11.5 Å². The molecule has 1 atom stereocenters. The van der Waals surface area contributed by atoms with Crippen molar-refractivity contribution < 1.29 is 9.90 Å². The highest BCUT2D eigenvalue weighted by molar-refractivity contribution is 7.15. The standard InChI is InChI=1S/C23H27N5O2S/c1-13-14(2)31-23-20(13)21(17-9-7-16(8-10-17)6-4-5-11-24)25-18(12-19(29)30)22-27-26-15(3)28(22)23/h7-10,18H,4-6,11-12,24H2,1-3H3,(H,29,30)/t18-/m0/s1. The number of unbranched alkanes of at least 4 members (excludes halogenated alkanes) is 1. The number of carboxylic acids is 1. The van der Waals surface area contributed by atoms with Crippen LogP contribution >= 0.6 is 11.3 Å². The van der Waals surface area contributed by atoms with Crippen LogP contribution in [0.3, 0.4) is 0 Å². The third kappa shape index (κ3) is 4.05. The number of fused-ring (bicyclic) bond motifs is 3. The molecule has 3 heterocycles. The van der Waals surface area contributed by atoms with Crippen molar-refractivity contribution in [2.45, 2.75) is 52.5 Å². The molecule has 31 heavy (non-hydrogen) atoms. The molecular formula is C23H27N5O2S. The van der Waals surface area contributed by atoms with Crippen molar-refractivity contribution in [1.29, 1.82) is 0 Å². The van der Waals surface area contributed by atoms with Crippen molar-refractivity contribution in [3.8, 4) is 5.00 Å². The van der Waals surface area contributed by atoms with E-state index < -0.39 is 12.0 Å². The molecule has 1 aliphatic rings. The average Bonchev–Trinajstić information content (AvgIpc) is 3.21. The van der Waals surface area contributed by atoms with Crippen LogP contribution in [-0.2, 0) is 11.2 Å². The van der Waals surface area contributed by atoms with Gasteiger partial charge in [-0.3, -0.25) is 14.4 Å². The van der Waals surface area contributed by atoms with Gasteiger partial charge in [0.25, 0.3) is 0 Å². The van der Waals surface area contributed by atoms with E-state index in [9.17, 15) is 9.90 Å². The molecule has 0 aliphatic carbocycles. The summed E-state index contributed by atoms with van der Waals surface area (Å²) in [6.45, 7) is 6.80. The average molecular weight is 438 g/mol. The van der Waals surface area contributed by atoms with E-state index in [2.05, 4.69) is 48.3 Å². The first-order valence-electron chi connectivity index (χ1n) is 10.5. The Bertz CT molecular complexity index is 1140. The summed E-state index contributed by atoms with van der Waals surface area (Å²) in [6.07, 6.45) is 2.94. The highest BCUT2D eigenvalue weighted by Gasteiger charge is 2.32. The molecule has 0 fully saturated rings. The summed E-state index contributed by atoms with van der Waals surface area (Å²) in [4.78, 5) is 17.8. The highest BCUT2D eigenvalue weighted by atomic mass is 32.1. The van der Waals surface area contributed by atoms with Gasteiger partial charge in [0, 0.05) is 16.0 Å². The Hall–Kier alpha value is -2.84. The van der Waals surface area contributed by atoms with Crippen LogP contribution in [0.25, 0.3) is 5.00 Å². The molecule has 0 bridgehead atoms. The summed E-state index contributed by atoms with van der Waals surface area (Å²) in [7, 11) is 0. The Morgan fingerprint density at radius 3 is 2.58 bits per heavy atom. The van der Waals surface area contributed by atoms with E-state index in [0.29, 0.717) is 12.4 Å². The number of carboxylic acid groups (broad SMARTS) is 1. The Morgan fingerprint density at radius 2 is 1.90 bits per heavy atom. The molecule has 0 radical (unpaired) electrons. The number of benzene rings is 1. The van der Waals surface area contributed by atoms with Crippen LogP contribution in [0.2, 0.25) is 0 Å². The Kier molecular flexibility index (Phi) is 6.02. The molecule has 0 saturated heterocycles. The maximum absolute atomic E-state index is 11.6. The Labute approximate surface area is 185 Å². The van der Waals surface area contributed by atoms with E-state index in [0.717, 1.165) is 52.5 Å². The van der Waals surface area contributed by atoms with Gasteiger partial charge in [-0.25, -0.2) is 0 Å². The van der Waals surface area contributed by atoms with Crippen LogP contribution in [-0.4, -0.2) is 38.1 Å². The van der Waals surface area contributed by atoms with E-state index in [4.69, 9.17) is 10.7 Å². The fraction of sp³-hybridized carbons (Fsp3) is 0.391. The first kappa shape index (κ1) is 21.4. The van der Waals surface area contributed by atoms with Crippen LogP contribution < -0.4 is 5.73 Å². The molecule has 1 aliphatic heterocycles. The summed E-state index contributed by atoms with van der Waals surface area (Å²) in [5.41, 5.74) is 10.9. The van der Waals surface area contributed by atoms with E-state index in [-0.39, 0.29) is 6.42 Å². The number of aliphatic imine (C=N–C) groups is 1. The van der Waals surface area contributed by atoms with Gasteiger partial charge in [0.05, 0.1) is 12.1 Å². The first-order valence-corrected chi connectivity index (χ1v) is 11.3. The zero-order valence-electron chi connectivity index (χ0n) is 18.1. The molecule has 162 valence electrons. The van der Waals surface area contributed by atoms with Gasteiger partial charge in [0.15, 0.2) is 5.82 Å². The summed E-state index contributed by atoms with van der Waals surface area (Å²) in [5, 5.41) is 19.1. The second kappa shape index (κ2) is 8.72. The van der Waals surface area contributed by atoms with Crippen molar-refractivity contribution in [2.24, 2.45) is 10.7 Å². The number of carbonyl (C=O) groups is 1. The highest BCUT2D eigenvalue weighted by Crippen LogP contribution is 2.39. The zero-order valence-corrected chi connectivity index (χ0v) is 18.9. The van der Waals surface area contributed by atoms with Crippen molar-refractivity contribution in [3.05, 3.63) is 63.0 Å². The third-order valence-electron chi connectivity index (χ3n) is 5.75. The molecule has 3 N–H and O–H groups in total. The predicted molar refractivity (Wildman–Crippen MR) is 123 cm³/mol. The summed E-state index contributed by atoms with van der Waals surface area (Å²) in [6, 6.07) is 7.83. The number of aromatic nitrogens is 3. The van der Waals surface area contributed by atoms with Gasteiger partial charge in [-0.1, -0.05) is 24.3 Å². The lowest BCUT2D eigenvalue weighted by Gasteiger charge is -2.11. The molecule has 8 heteroatoms. The van der Waals surface area contributed by atoms with Crippen LogP contribution in [0.1, 0.15) is 64.1 Å². The van der Waals surface area contributed by atoms with Gasteiger partial charge < -0.3 is 10.8 Å². The zero-order chi connectivity index (χ0) is 22.1. The SMILES string of the molecule is Cc1sc2c(c1C)C(c1ccc(CCCCN)cc1)=N[C@@H](CC(=O)O)c1nnc(C)n1-2. The lowest BCUT2D eigenvalue weighted by molar-refractivity contribution is -0.137. The van der Waals surface area contributed by atoms with Crippen LogP contribution in [0, 0.1) is 20.8 Å². The monoisotopic (exact) mass is 437 g/mol. The van der Waals surface area contributed by atoms with Gasteiger partial charge in [0.2, 0.25) is 0 Å². The van der Waals surface area contributed by atoms with Gasteiger partial charge in [0.1, 0.15) is 16.9 Å². The smallest absolute Gasteiger partial charge is 0.306 e. The molecule has 0 amide bonds. The van der Waals surface area contributed by atoms with E-state index in [1.165, 1.54) is 10.4 Å². The van der Waals surface area contributed by atoms with Crippen LogP contribution in [0.5, 0.6) is 0 Å². The minimum absolute atomic E-state index is 0.133. The second-order valence-corrected chi connectivity index (χ2v) is 9.14. The first-order chi connectivity index (χ1) is 14.9. The maximum atomic E-state index is 11.6. The van der Waals surface area contributed by atoms with Crippen molar-refractivity contribution >= 4 is 23.0 Å². The number of nitrogens with zero attached hydrogens (tertiary/aromatic N) is 4. The summed E-state index contributed by atoms with van der Waals surface area (Å²) < 4.78 is 1.98. The van der Waals surface area contributed by atoms with Gasteiger partial charge >= 0.3 is 5.97 Å². The minimum Gasteiger partial charge on any atom is -0.481 e. The summed E-state index contributed by atoms with van der Waals surface area (Å²) in [5.74, 6) is 0.407. The molecule has 1 aromatic carbocycles. The Balaban J connectivity index is 1.84. The second-order valence-electron chi connectivity index (χ2n) is 7.94. The predicted octanol–water partition coefficient (Wildman–Crippen LogP) is 3.90. The number of hydrogen-bond donors (Lipinski definition) is 2. The van der Waals surface area contributed by atoms with Crippen LogP contribution in [0.15, 0.2) is 29.3 Å². The quantitative estimate of drug-likeness (QED) is 0.545. The van der Waals surface area contributed by atoms with E-state index in [1.54, 1.807) is 11.3 Å². The largest absolute Gasteiger partial charge is 0.481 e. The number of hydrogen-bond acceptors (Lipinski definition) is 6. The fourth-order valence-electron chi connectivity index (χ4n) is 3.99. The lowest BCUT2D eigenvalue weighted by Crippen LogP contribution is -2.10. The van der Waals surface area contributed by atoms with Gasteiger partial charge in [-0.2, -0.15) is 0 Å². The number of rotatable bonds is 7. The van der Waals surface area contributed by atoms with Crippen molar-refractivity contribution in [3.63, 3.8) is 0 Å². The molecule has 7 nitrogen and oxygen atoms in total. The number of aliphatic carboxylic acids is 1. The molecule has 0 saturated carbocycles. The molecule has 0 spiro atoms. The molecule has 2 aromatic heterocycles. The van der Waals surface area contributed by atoms with E-state index >= 15 is 0 Å². The number of nitrogens with two attached hydrogens (primary N) is 1. The van der Waals surface area contributed by atoms with Gasteiger partial charge in [-0.15, -0.1) is 21.5 Å². The lowest BCUT2D eigenvalue weighted by atomic mass is 9.97. The van der Waals surface area contributed by atoms with Gasteiger partial charge in [-0.05, 0) is 57.7 Å².